The zero-order chi connectivity index (χ0) is 20.2. The molecule has 0 radical (unpaired) electrons. The highest BCUT2D eigenvalue weighted by Crippen LogP contribution is 2.30. The van der Waals surface area contributed by atoms with Gasteiger partial charge in [-0.05, 0) is 62.4 Å². The van der Waals surface area contributed by atoms with Gasteiger partial charge in [0.15, 0.2) is 5.13 Å². The smallest absolute Gasteiger partial charge is 0.236 e. The maximum atomic E-state index is 12.4. The van der Waals surface area contributed by atoms with Crippen molar-refractivity contribution in [3.8, 4) is 11.8 Å². The SMILES string of the molecule is CCOc1ccc2nc(NC(=O)CSc3nc4c(cc3C#N)CCCC4)sc2c1. The van der Waals surface area contributed by atoms with Gasteiger partial charge in [0.25, 0.3) is 0 Å². The zero-order valence-corrected chi connectivity index (χ0v) is 17.7. The number of nitrogens with zero attached hydrogens (tertiary/aromatic N) is 3. The number of aromatic nitrogens is 2. The van der Waals surface area contributed by atoms with Gasteiger partial charge in [0.1, 0.15) is 16.8 Å². The van der Waals surface area contributed by atoms with Crippen LogP contribution >= 0.6 is 23.1 Å². The number of anilines is 1. The Kier molecular flexibility index (Phi) is 5.97. The van der Waals surface area contributed by atoms with Gasteiger partial charge in [-0.15, -0.1) is 0 Å². The first kappa shape index (κ1) is 19.7. The molecule has 0 saturated carbocycles. The molecule has 0 spiro atoms. The molecular weight excluding hydrogens is 404 g/mol. The van der Waals surface area contributed by atoms with Crippen molar-refractivity contribution in [1.82, 2.24) is 9.97 Å². The van der Waals surface area contributed by atoms with Crippen LogP contribution in [-0.2, 0) is 17.6 Å². The summed E-state index contributed by atoms with van der Waals surface area (Å²) in [6, 6.07) is 9.84. The topological polar surface area (TPSA) is 87.9 Å². The molecule has 1 N–H and O–H groups in total. The normalized spacial score (nSPS) is 13.0. The number of benzene rings is 1. The summed E-state index contributed by atoms with van der Waals surface area (Å²) in [4.78, 5) is 21.5. The van der Waals surface area contributed by atoms with Crippen molar-refractivity contribution in [1.29, 1.82) is 5.26 Å². The molecule has 0 bridgehead atoms. The van der Waals surface area contributed by atoms with Crippen molar-refractivity contribution >= 4 is 44.4 Å². The van der Waals surface area contributed by atoms with E-state index in [1.807, 2.05) is 31.2 Å². The van der Waals surface area contributed by atoms with Gasteiger partial charge in [-0.3, -0.25) is 4.79 Å². The van der Waals surface area contributed by atoms with E-state index in [0.717, 1.165) is 47.3 Å². The maximum absolute atomic E-state index is 12.4. The molecule has 1 aromatic carbocycles. The summed E-state index contributed by atoms with van der Waals surface area (Å²) in [5.74, 6) is 0.808. The minimum absolute atomic E-state index is 0.164. The predicted octanol–water partition coefficient (Wildman–Crippen LogP) is 4.57. The largest absolute Gasteiger partial charge is 0.494 e. The Morgan fingerprint density at radius 2 is 2.17 bits per heavy atom. The van der Waals surface area contributed by atoms with Gasteiger partial charge in [0.2, 0.25) is 5.91 Å². The van der Waals surface area contributed by atoms with Crippen molar-refractivity contribution in [2.24, 2.45) is 0 Å². The van der Waals surface area contributed by atoms with Gasteiger partial charge in [0.05, 0.1) is 28.1 Å². The molecule has 8 heteroatoms. The molecule has 1 aliphatic rings. The summed E-state index contributed by atoms with van der Waals surface area (Å²) < 4.78 is 6.47. The highest BCUT2D eigenvalue weighted by Gasteiger charge is 2.17. The van der Waals surface area contributed by atoms with Crippen LogP contribution in [0.2, 0.25) is 0 Å². The van der Waals surface area contributed by atoms with Crippen molar-refractivity contribution in [3.05, 3.63) is 41.1 Å². The molecule has 29 heavy (non-hydrogen) atoms. The third-order valence-corrected chi connectivity index (χ3v) is 6.57. The number of nitriles is 1. The Labute approximate surface area is 177 Å². The van der Waals surface area contributed by atoms with Gasteiger partial charge < -0.3 is 10.1 Å². The predicted molar refractivity (Wildman–Crippen MR) is 116 cm³/mol. The van der Waals surface area contributed by atoms with Crippen molar-refractivity contribution in [3.63, 3.8) is 0 Å². The fourth-order valence-electron chi connectivity index (χ4n) is 3.31. The average molecular weight is 425 g/mol. The van der Waals surface area contributed by atoms with Gasteiger partial charge in [-0.1, -0.05) is 23.1 Å². The van der Waals surface area contributed by atoms with E-state index in [2.05, 4.69) is 21.4 Å². The summed E-state index contributed by atoms with van der Waals surface area (Å²) >= 11 is 2.71. The number of carbonyl (C=O) groups excluding carboxylic acids is 1. The fourth-order valence-corrected chi connectivity index (χ4v) is 4.99. The van der Waals surface area contributed by atoms with Crippen molar-refractivity contribution in [2.45, 2.75) is 37.6 Å². The standard InChI is InChI=1S/C21H20N4O2S2/c1-2-27-15-7-8-17-18(10-15)29-21(24-17)25-19(26)12-28-20-14(11-22)9-13-5-3-4-6-16(13)23-20/h7-10H,2-6,12H2,1H3,(H,24,25,26). The van der Waals surface area contributed by atoms with E-state index in [0.29, 0.717) is 22.3 Å². The van der Waals surface area contributed by atoms with Gasteiger partial charge in [0, 0.05) is 5.69 Å². The maximum Gasteiger partial charge on any atom is 0.236 e. The number of nitrogens with one attached hydrogen (secondary N) is 1. The third kappa shape index (κ3) is 4.52. The van der Waals surface area contributed by atoms with Crippen LogP contribution in [0.15, 0.2) is 29.3 Å². The van der Waals surface area contributed by atoms with E-state index in [-0.39, 0.29) is 11.7 Å². The van der Waals surface area contributed by atoms with E-state index < -0.39 is 0 Å². The quantitative estimate of drug-likeness (QED) is 0.583. The second kappa shape index (κ2) is 8.80. The number of fused-ring (bicyclic) bond motifs is 2. The molecule has 0 unspecified atom stereocenters. The van der Waals surface area contributed by atoms with Gasteiger partial charge in [-0.25, -0.2) is 9.97 Å². The number of hydrogen-bond donors (Lipinski definition) is 1. The minimum atomic E-state index is -0.164. The molecule has 0 fully saturated rings. The lowest BCUT2D eigenvalue weighted by molar-refractivity contribution is -0.113. The lowest BCUT2D eigenvalue weighted by atomic mass is 9.95. The van der Waals surface area contributed by atoms with Crippen LogP contribution in [0.5, 0.6) is 5.75 Å². The summed E-state index contributed by atoms with van der Waals surface area (Å²) in [6.07, 6.45) is 4.18. The van der Waals surface area contributed by atoms with E-state index in [1.54, 1.807) is 0 Å². The first-order valence-electron chi connectivity index (χ1n) is 9.55. The van der Waals surface area contributed by atoms with Crippen LogP contribution in [-0.4, -0.2) is 28.2 Å². The minimum Gasteiger partial charge on any atom is -0.494 e. The summed E-state index contributed by atoms with van der Waals surface area (Å²) in [5.41, 5.74) is 3.60. The van der Waals surface area contributed by atoms with Crippen LogP contribution in [0.4, 0.5) is 5.13 Å². The Balaban J connectivity index is 1.43. The molecule has 0 atom stereocenters. The fraction of sp³-hybridized carbons (Fsp3) is 0.333. The highest BCUT2D eigenvalue weighted by atomic mass is 32.2. The van der Waals surface area contributed by atoms with Crippen LogP contribution in [0.25, 0.3) is 10.2 Å². The molecule has 0 saturated heterocycles. The number of hydrogen-bond acceptors (Lipinski definition) is 7. The molecule has 1 amide bonds. The lowest BCUT2D eigenvalue weighted by Crippen LogP contribution is -2.14. The lowest BCUT2D eigenvalue weighted by Gasteiger charge is -2.16. The number of pyridine rings is 1. The first-order valence-corrected chi connectivity index (χ1v) is 11.4. The van der Waals surface area contributed by atoms with Crippen LogP contribution in [0.3, 0.4) is 0 Å². The van der Waals surface area contributed by atoms with Gasteiger partial charge in [-0.2, -0.15) is 5.26 Å². The average Bonchev–Trinajstić information content (AvgIpc) is 3.13. The van der Waals surface area contributed by atoms with Crippen molar-refractivity contribution in [2.75, 3.05) is 17.7 Å². The number of carbonyl (C=O) groups is 1. The Hall–Kier alpha value is -2.63. The number of amides is 1. The number of rotatable bonds is 6. The number of aryl methyl sites for hydroxylation is 2. The molecule has 2 heterocycles. The summed E-state index contributed by atoms with van der Waals surface area (Å²) in [6.45, 7) is 2.54. The molecule has 4 rings (SSSR count). The number of thiazole rings is 1. The number of thioether (sulfide) groups is 1. The van der Waals surface area contributed by atoms with Crippen LogP contribution in [0.1, 0.15) is 36.6 Å². The Morgan fingerprint density at radius 1 is 1.31 bits per heavy atom. The second-order valence-corrected chi connectivity index (χ2v) is 8.68. The molecule has 148 valence electrons. The van der Waals surface area contributed by atoms with E-state index in [4.69, 9.17) is 4.74 Å². The Morgan fingerprint density at radius 3 is 3.00 bits per heavy atom. The molecule has 2 aromatic heterocycles. The molecule has 3 aromatic rings. The monoisotopic (exact) mass is 424 g/mol. The second-order valence-electron chi connectivity index (χ2n) is 6.68. The molecular formula is C21H20N4O2S2. The molecule has 1 aliphatic carbocycles. The summed E-state index contributed by atoms with van der Waals surface area (Å²) in [7, 11) is 0. The Bertz CT molecular complexity index is 1100. The molecule has 6 nitrogen and oxygen atoms in total. The van der Waals surface area contributed by atoms with E-state index in [1.165, 1.54) is 28.7 Å². The highest BCUT2D eigenvalue weighted by molar-refractivity contribution is 8.00. The first-order chi connectivity index (χ1) is 14.2. The number of ether oxygens (including phenoxy) is 1. The summed E-state index contributed by atoms with van der Waals surface area (Å²) in [5, 5.41) is 13.5. The van der Waals surface area contributed by atoms with Gasteiger partial charge >= 0.3 is 0 Å². The zero-order valence-electron chi connectivity index (χ0n) is 16.0. The van der Waals surface area contributed by atoms with E-state index in [9.17, 15) is 10.1 Å². The molecule has 0 aliphatic heterocycles. The van der Waals surface area contributed by atoms with Crippen molar-refractivity contribution < 1.29 is 9.53 Å². The van der Waals surface area contributed by atoms with Crippen LogP contribution < -0.4 is 10.1 Å². The van der Waals surface area contributed by atoms with Crippen LogP contribution in [0, 0.1) is 11.3 Å². The third-order valence-electron chi connectivity index (χ3n) is 4.64. The van der Waals surface area contributed by atoms with E-state index >= 15 is 0 Å².